The Morgan fingerprint density at radius 1 is 1.00 bits per heavy atom. The predicted octanol–water partition coefficient (Wildman–Crippen LogP) is 3.74. The quantitative estimate of drug-likeness (QED) is 0.630. The van der Waals surface area contributed by atoms with Gasteiger partial charge in [-0.25, -0.2) is 0 Å². The van der Waals surface area contributed by atoms with E-state index in [1.807, 2.05) is 12.3 Å². The minimum Gasteiger partial charge on any atom is -0.395 e. The van der Waals surface area contributed by atoms with Gasteiger partial charge in [0.15, 0.2) is 0 Å². The number of aryl methyl sites for hydroxylation is 2. The van der Waals surface area contributed by atoms with Gasteiger partial charge in [0.05, 0.1) is 6.61 Å². The highest BCUT2D eigenvalue weighted by Gasteiger charge is 2.13. The molecule has 0 atom stereocenters. The van der Waals surface area contributed by atoms with Crippen molar-refractivity contribution in [2.75, 3.05) is 13.2 Å². The van der Waals surface area contributed by atoms with Crippen molar-refractivity contribution >= 4 is 0 Å². The third kappa shape index (κ3) is 5.28. The van der Waals surface area contributed by atoms with Crippen LogP contribution in [0.2, 0.25) is 0 Å². The van der Waals surface area contributed by atoms with E-state index < -0.39 is 0 Å². The molecule has 3 aromatic rings. The molecule has 0 aliphatic heterocycles. The zero-order chi connectivity index (χ0) is 19.1. The van der Waals surface area contributed by atoms with Crippen LogP contribution in [0.25, 0.3) is 0 Å². The highest BCUT2D eigenvalue weighted by atomic mass is 16.3. The molecule has 1 aromatic carbocycles. The van der Waals surface area contributed by atoms with Crippen molar-refractivity contribution in [3.63, 3.8) is 0 Å². The Morgan fingerprint density at radius 3 is 2.48 bits per heavy atom. The van der Waals surface area contributed by atoms with E-state index in [9.17, 15) is 5.11 Å². The highest BCUT2D eigenvalue weighted by Crippen LogP contribution is 2.19. The van der Waals surface area contributed by atoms with Crippen LogP contribution in [0, 0.1) is 13.8 Å². The first kappa shape index (κ1) is 19.3. The molecule has 27 heavy (non-hydrogen) atoms. The third-order valence-electron chi connectivity index (χ3n) is 5.08. The van der Waals surface area contributed by atoms with E-state index in [1.165, 1.54) is 28.1 Å². The van der Waals surface area contributed by atoms with Crippen molar-refractivity contribution in [1.82, 2.24) is 14.5 Å². The van der Waals surface area contributed by atoms with Gasteiger partial charge in [-0.05, 0) is 49.1 Å². The average Bonchev–Trinajstić information content (AvgIpc) is 2.95. The highest BCUT2D eigenvalue weighted by molar-refractivity contribution is 5.27. The Labute approximate surface area is 162 Å². The molecule has 0 unspecified atom stereocenters. The molecule has 0 aliphatic carbocycles. The molecule has 1 N–H and O–H groups in total. The second kappa shape index (κ2) is 9.49. The van der Waals surface area contributed by atoms with Crippen LogP contribution in [-0.2, 0) is 26.1 Å². The van der Waals surface area contributed by atoms with E-state index >= 15 is 0 Å². The zero-order valence-corrected chi connectivity index (χ0v) is 16.3. The fourth-order valence-corrected chi connectivity index (χ4v) is 3.61. The molecule has 0 fully saturated rings. The summed E-state index contributed by atoms with van der Waals surface area (Å²) in [6.07, 6.45) is 4.72. The van der Waals surface area contributed by atoms with E-state index in [0.717, 1.165) is 26.1 Å². The minimum atomic E-state index is 0.160. The van der Waals surface area contributed by atoms with E-state index in [1.54, 1.807) is 6.20 Å². The van der Waals surface area contributed by atoms with Crippen molar-refractivity contribution in [3.8, 4) is 0 Å². The fraction of sp³-hybridized carbons (Fsp3) is 0.348. The third-order valence-corrected chi connectivity index (χ3v) is 5.08. The van der Waals surface area contributed by atoms with Gasteiger partial charge in [0.2, 0.25) is 0 Å². The lowest BCUT2D eigenvalue weighted by molar-refractivity contribution is 0.184. The summed E-state index contributed by atoms with van der Waals surface area (Å²) in [5, 5.41) is 9.47. The lowest BCUT2D eigenvalue weighted by Crippen LogP contribution is -2.26. The van der Waals surface area contributed by atoms with E-state index in [0.29, 0.717) is 6.54 Å². The Kier molecular flexibility index (Phi) is 6.80. The summed E-state index contributed by atoms with van der Waals surface area (Å²) in [7, 11) is 0. The van der Waals surface area contributed by atoms with Gasteiger partial charge in [0.1, 0.15) is 0 Å². The number of hydrogen-bond acceptors (Lipinski definition) is 3. The molecule has 0 spiro atoms. The second-order valence-electron chi connectivity index (χ2n) is 7.08. The molecule has 3 rings (SSSR count). The van der Waals surface area contributed by atoms with Crippen molar-refractivity contribution in [3.05, 3.63) is 89.0 Å². The first-order valence-electron chi connectivity index (χ1n) is 9.59. The number of hydrogen-bond donors (Lipinski definition) is 1. The van der Waals surface area contributed by atoms with Crippen LogP contribution in [0.5, 0.6) is 0 Å². The Hall–Kier alpha value is -2.43. The first-order valence-corrected chi connectivity index (χ1v) is 9.59. The number of benzene rings is 1. The zero-order valence-electron chi connectivity index (χ0n) is 16.3. The lowest BCUT2D eigenvalue weighted by atomic mass is 10.1. The van der Waals surface area contributed by atoms with Gasteiger partial charge < -0.3 is 9.67 Å². The standard InChI is InChI=1S/C23H29N3O/c1-19-15-23(18-25(13-14-27)17-22-9-6-11-24-16-22)20(2)26(19)12-10-21-7-4-3-5-8-21/h3-9,11,15-16,27H,10,12-14,17-18H2,1-2H3. The van der Waals surface area contributed by atoms with Crippen LogP contribution in [0.15, 0.2) is 60.9 Å². The van der Waals surface area contributed by atoms with Crippen LogP contribution in [-0.4, -0.2) is 32.7 Å². The molecular formula is C23H29N3O. The number of aliphatic hydroxyl groups is 1. The monoisotopic (exact) mass is 363 g/mol. The number of aromatic nitrogens is 2. The topological polar surface area (TPSA) is 41.3 Å². The van der Waals surface area contributed by atoms with Crippen LogP contribution in [0.4, 0.5) is 0 Å². The largest absolute Gasteiger partial charge is 0.395 e. The van der Waals surface area contributed by atoms with Crippen LogP contribution in [0.1, 0.15) is 28.1 Å². The van der Waals surface area contributed by atoms with Crippen LogP contribution >= 0.6 is 0 Å². The molecule has 0 aliphatic rings. The van der Waals surface area contributed by atoms with Crippen molar-refractivity contribution in [1.29, 1.82) is 0 Å². The van der Waals surface area contributed by atoms with Gasteiger partial charge in [0, 0.05) is 50.0 Å². The molecule has 2 aromatic heterocycles. The molecular weight excluding hydrogens is 334 g/mol. The van der Waals surface area contributed by atoms with Crippen molar-refractivity contribution < 1.29 is 5.11 Å². The number of nitrogens with zero attached hydrogens (tertiary/aromatic N) is 3. The molecule has 2 heterocycles. The van der Waals surface area contributed by atoms with E-state index in [4.69, 9.17) is 0 Å². The van der Waals surface area contributed by atoms with Crippen molar-refractivity contribution in [2.24, 2.45) is 0 Å². The normalized spacial score (nSPS) is 11.3. The molecule has 142 valence electrons. The molecule has 0 bridgehead atoms. The van der Waals surface area contributed by atoms with Gasteiger partial charge in [0.25, 0.3) is 0 Å². The van der Waals surface area contributed by atoms with E-state index in [2.05, 4.69) is 70.8 Å². The Bertz CT molecular complexity index is 828. The SMILES string of the molecule is Cc1cc(CN(CCO)Cc2cccnc2)c(C)n1CCc1ccccc1. The van der Waals surface area contributed by atoms with E-state index in [-0.39, 0.29) is 6.61 Å². The smallest absolute Gasteiger partial charge is 0.0558 e. The molecule has 0 saturated heterocycles. The minimum absolute atomic E-state index is 0.160. The summed E-state index contributed by atoms with van der Waals surface area (Å²) in [6, 6.07) is 17.0. The predicted molar refractivity (Wildman–Crippen MR) is 109 cm³/mol. The maximum absolute atomic E-state index is 9.47. The van der Waals surface area contributed by atoms with Crippen LogP contribution in [0.3, 0.4) is 0 Å². The van der Waals surface area contributed by atoms with Crippen molar-refractivity contribution in [2.45, 2.75) is 39.9 Å². The number of pyridine rings is 1. The van der Waals surface area contributed by atoms with Gasteiger partial charge in [-0.1, -0.05) is 36.4 Å². The van der Waals surface area contributed by atoms with Gasteiger partial charge in [-0.15, -0.1) is 0 Å². The summed E-state index contributed by atoms with van der Waals surface area (Å²) in [5.41, 5.74) is 6.48. The maximum atomic E-state index is 9.47. The summed E-state index contributed by atoms with van der Waals surface area (Å²) in [6.45, 7) is 7.82. The molecule has 4 nitrogen and oxygen atoms in total. The number of aliphatic hydroxyl groups excluding tert-OH is 1. The molecule has 0 radical (unpaired) electrons. The average molecular weight is 364 g/mol. The summed E-state index contributed by atoms with van der Waals surface area (Å²) in [4.78, 5) is 6.48. The molecule has 0 amide bonds. The lowest BCUT2D eigenvalue weighted by Gasteiger charge is -2.21. The molecule has 0 saturated carbocycles. The maximum Gasteiger partial charge on any atom is 0.0558 e. The summed E-state index contributed by atoms with van der Waals surface area (Å²) in [5.74, 6) is 0. The second-order valence-corrected chi connectivity index (χ2v) is 7.08. The summed E-state index contributed by atoms with van der Waals surface area (Å²) < 4.78 is 2.41. The Balaban J connectivity index is 1.70. The van der Waals surface area contributed by atoms with Crippen LogP contribution < -0.4 is 0 Å². The first-order chi connectivity index (χ1) is 13.2. The summed E-state index contributed by atoms with van der Waals surface area (Å²) >= 11 is 0. The number of rotatable bonds is 9. The van der Waals surface area contributed by atoms with Gasteiger partial charge >= 0.3 is 0 Å². The van der Waals surface area contributed by atoms with Gasteiger partial charge in [-0.2, -0.15) is 0 Å². The fourth-order valence-electron chi connectivity index (χ4n) is 3.61. The Morgan fingerprint density at radius 2 is 1.78 bits per heavy atom. The molecule has 4 heteroatoms. The van der Waals surface area contributed by atoms with Gasteiger partial charge in [-0.3, -0.25) is 9.88 Å².